The number of rotatable bonds is 8. The third-order valence-electron chi connectivity index (χ3n) is 6.25. The maximum Gasteiger partial charge on any atom is 0.408 e. The standard InChI is InChI=1S/C28H29N3O10S2/c1-15-9-11-17(12-10-15)43(38,39)30-22(32)18-7-5-6-8-19(18)26(36)40-13-16-14-42-24-20(29-27(37)41-28(2,3)4)23(33)31(24)21(16)25(34)35/h5-12,20,24H,13-14H2,1-4H3,(H,29,37)(H,30,32)(H,34,35)/t20-,24+/m1/s1. The summed E-state index contributed by atoms with van der Waals surface area (Å²) in [5, 5.41) is 11.6. The molecule has 0 saturated carbocycles. The van der Waals surface area contributed by atoms with Gasteiger partial charge in [0.2, 0.25) is 0 Å². The van der Waals surface area contributed by atoms with Crippen molar-refractivity contribution >= 4 is 51.6 Å². The molecule has 2 heterocycles. The third-order valence-corrected chi connectivity index (χ3v) is 8.94. The van der Waals surface area contributed by atoms with Crippen molar-refractivity contribution in [2.75, 3.05) is 12.4 Å². The molecule has 2 aliphatic heterocycles. The Kier molecular flexibility index (Phi) is 8.87. The summed E-state index contributed by atoms with van der Waals surface area (Å²) in [6.45, 7) is 6.24. The first kappa shape index (κ1) is 31.6. The molecule has 3 N–H and O–H groups in total. The summed E-state index contributed by atoms with van der Waals surface area (Å²) in [4.78, 5) is 63.9. The third kappa shape index (κ3) is 7.00. The summed E-state index contributed by atoms with van der Waals surface area (Å²) >= 11 is 1.17. The van der Waals surface area contributed by atoms with Crippen LogP contribution in [0.15, 0.2) is 64.7 Å². The number of fused-ring (bicyclic) bond motifs is 1. The maximum absolute atomic E-state index is 13.0. The number of nitrogens with one attached hydrogen (secondary N) is 2. The summed E-state index contributed by atoms with van der Waals surface area (Å²) in [5.74, 6) is -4.11. The topological polar surface area (TPSA) is 185 Å². The van der Waals surface area contributed by atoms with Crippen LogP contribution in [-0.2, 0) is 29.1 Å². The molecule has 3 amide bonds. The minimum Gasteiger partial charge on any atom is -0.477 e. The highest BCUT2D eigenvalue weighted by Gasteiger charge is 2.54. The number of thioether (sulfide) groups is 1. The fraction of sp³-hybridized carbons (Fsp3) is 0.321. The van der Waals surface area contributed by atoms with Gasteiger partial charge in [0.15, 0.2) is 0 Å². The van der Waals surface area contributed by atoms with Crippen LogP contribution < -0.4 is 10.0 Å². The molecule has 0 spiro atoms. The molecule has 43 heavy (non-hydrogen) atoms. The van der Waals surface area contributed by atoms with E-state index in [9.17, 15) is 37.5 Å². The number of benzene rings is 2. The van der Waals surface area contributed by atoms with Crippen LogP contribution >= 0.6 is 11.8 Å². The first-order valence-corrected chi connectivity index (χ1v) is 15.4. The molecule has 2 atom stereocenters. The number of carboxylic acid groups (broad SMARTS) is 1. The summed E-state index contributed by atoms with van der Waals surface area (Å²) < 4.78 is 37.8. The Morgan fingerprint density at radius 2 is 1.67 bits per heavy atom. The highest BCUT2D eigenvalue weighted by molar-refractivity contribution is 8.00. The molecule has 0 bridgehead atoms. The molecule has 0 aromatic heterocycles. The van der Waals surface area contributed by atoms with Crippen LogP contribution in [0, 0.1) is 6.92 Å². The Labute approximate surface area is 251 Å². The number of nitrogens with zero attached hydrogens (tertiary/aromatic N) is 1. The minimum absolute atomic E-state index is 0.0623. The second-order valence-corrected chi connectivity index (χ2v) is 13.4. The van der Waals surface area contributed by atoms with Crippen molar-refractivity contribution in [1.29, 1.82) is 0 Å². The lowest BCUT2D eigenvalue weighted by Crippen LogP contribution is -2.70. The first-order valence-electron chi connectivity index (χ1n) is 12.9. The van der Waals surface area contributed by atoms with Crippen LogP contribution in [-0.4, -0.2) is 77.6 Å². The van der Waals surface area contributed by atoms with Gasteiger partial charge in [-0.05, 0) is 52.0 Å². The second-order valence-electron chi connectivity index (χ2n) is 10.7. The Morgan fingerprint density at radius 3 is 2.28 bits per heavy atom. The molecule has 4 rings (SSSR count). The van der Waals surface area contributed by atoms with Crippen LogP contribution in [0.25, 0.3) is 0 Å². The molecular formula is C28H29N3O10S2. The number of hydrogen-bond acceptors (Lipinski definition) is 10. The van der Waals surface area contributed by atoms with Gasteiger partial charge >= 0.3 is 18.0 Å². The van der Waals surface area contributed by atoms with E-state index in [1.165, 1.54) is 48.2 Å². The largest absolute Gasteiger partial charge is 0.477 e. The lowest BCUT2D eigenvalue weighted by Gasteiger charge is -2.49. The zero-order chi connectivity index (χ0) is 31.7. The van der Waals surface area contributed by atoms with E-state index in [0.29, 0.717) is 0 Å². The number of carboxylic acids is 1. The average molecular weight is 632 g/mol. The molecule has 0 aliphatic carbocycles. The zero-order valence-electron chi connectivity index (χ0n) is 23.6. The van der Waals surface area contributed by atoms with E-state index in [2.05, 4.69) is 5.32 Å². The van der Waals surface area contributed by atoms with Gasteiger partial charge in [0.1, 0.15) is 29.3 Å². The molecule has 228 valence electrons. The molecule has 0 unspecified atom stereocenters. The van der Waals surface area contributed by atoms with E-state index >= 15 is 0 Å². The van der Waals surface area contributed by atoms with Crippen molar-refractivity contribution in [3.63, 3.8) is 0 Å². The summed E-state index contributed by atoms with van der Waals surface area (Å²) in [6.07, 6.45) is -0.818. The van der Waals surface area contributed by atoms with Crippen LogP contribution in [0.4, 0.5) is 4.79 Å². The lowest BCUT2D eigenvalue weighted by atomic mass is 10.0. The van der Waals surface area contributed by atoms with Gasteiger partial charge in [-0.3, -0.25) is 14.5 Å². The molecule has 2 aromatic carbocycles. The monoisotopic (exact) mass is 631 g/mol. The van der Waals surface area contributed by atoms with E-state index in [-0.39, 0.29) is 33.0 Å². The molecular weight excluding hydrogens is 602 g/mol. The molecule has 0 radical (unpaired) electrons. The van der Waals surface area contributed by atoms with Gasteiger partial charge in [0.25, 0.3) is 21.8 Å². The van der Waals surface area contributed by atoms with E-state index in [0.717, 1.165) is 10.5 Å². The number of carbonyl (C=O) groups excluding carboxylic acids is 4. The highest BCUT2D eigenvalue weighted by atomic mass is 32.2. The SMILES string of the molecule is Cc1ccc(S(=O)(=O)NC(=O)c2ccccc2C(=O)OCC2=C(C(=O)O)N3C(=O)[C@@H](NC(=O)OC(C)(C)C)[C@@H]3SC2)cc1. The van der Waals surface area contributed by atoms with Crippen molar-refractivity contribution in [2.24, 2.45) is 0 Å². The number of aryl methyl sites for hydroxylation is 1. The number of amides is 3. The summed E-state index contributed by atoms with van der Waals surface area (Å²) in [5.41, 5.74) is -0.757. The number of hydrogen-bond donors (Lipinski definition) is 3. The van der Waals surface area contributed by atoms with Crippen molar-refractivity contribution in [2.45, 2.75) is 49.6 Å². The number of esters is 1. The van der Waals surface area contributed by atoms with Gasteiger partial charge in [-0.25, -0.2) is 27.5 Å². The minimum atomic E-state index is -4.24. The maximum atomic E-state index is 13.0. The zero-order valence-corrected chi connectivity index (χ0v) is 25.2. The van der Waals surface area contributed by atoms with E-state index in [1.807, 2.05) is 4.72 Å². The number of β-lactam (4-membered cyclic amide) rings is 1. The van der Waals surface area contributed by atoms with Gasteiger partial charge in [-0.2, -0.15) is 0 Å². The van der Waals surface area contributed by atoms with Crippen molar-refractivity contribution < 1.29 is 47.0 Å². The summed E-state index contributed by atoms with van der Waals surface area (Å²) in [7, 11) is -4.24. The lowest BCUT2D eigenvalue weighted by molar-refractivity contribution is -0.149. The Bertz CT molecular complexity index is 1630. The van der Waals surface area contributed by atoms with Gasteiger partial charge < -0.3 is 19.9 Å². The predicted molar refractivity (Wildman–Crippen MR) is 153 cm³/mol. The van der Waals surface area contributed by atoms with Crippen molar-refractivity contribution in [1.82, 2.24) is 14.9 Å². The van der Waals surface area contributed by atoms with E-state index in [4.69, 9.17) is 9.47 Å². The van der Waals surface area contributed by atoms with E-state index in [1.54, 1.807) is 39.8 Å². The number of aliphatic carboxylic acids is 1. The normalized spacial score (nSPS) is 18.2. The number of carbonyl (C=O) groups is 5. The van der Waals surface area contributed by atoms with Crippen molar-refractivity contribution in [3.8, 4) is 0 Å². The van der Waals surface area contributed by atoms with Gasteiger partial charge in [0.05, 0.1) is 16.0 Å². The van der Waals surface area contributed by atoms with Crippen LogP contribution in [0.1, 0.15) is 47.1 Å². The predicted octanol–water partition coefficient (Wildman–Crippen LogP) is 2.42. The number of sulfonamides is 1. The Morgan fingerprint density at radius 1 is 1.05 bits per heavy atom. The van der Waals surface area contributed by atoms with Crippen LogP contribution in [0.2, 0.25) is 0 Å². The van der Waals surface area contributed by atoms with E-state index < -0.39 is 63.5 Å². The average Bonchev–Trinajstić information content (AvgIpc) is 2.93. The fourth-order valence-electron chi connectivity index (χ4n) is 4.27. The molecule has 1 fully saturated rings. The Balaban J connectivity index is 1.47. The highest BCUT2D eigenvalue weighted by Crippen LogP contribution is 2.40. The number of alkyl carbamates (subject to hydrolysis) is 1. The summed E-state index contributed by atoms with van der Waals surface area (Å²) in [6, 6.07) is 10.2. The molecule has 2 aromatic rings. The molecule has 1 saturated heterocycles. The molecule has 13 nitrogen and oxygen atoms in total. The Hall–Kier alpha value is -4.37. The van der Waals surface area contributed by atoms with Crippen LogP contribution in [0.5, 0.6) is 0 Å². The van der Waals surface area contributed by atoms with Gasteiger partial charge in [-0.1, -0.05) is 29.8 Å². The van der Waals surface area contributed by atoms with Crippen LogP contribution in [0.3, 0.4) is 0 Å². The molecule has 15 heteroatoms. The second kappa shape index (κ2) is 12.1. The first-order chi connectivity index (χ1) is 20.1. The van der Waals surface area contributed by atoms with Gasteiger partial charge in [0, 0.05) is 11.3 Å². The van der Waals surface area contributed by atoms with Gasteiger partial charge in [-0.15, -0.1) is 11.8 Å². The molecule has 2 aliphatic rings. The smallest absolute Gasteiger partial charge is 0.408 e. The quantitative estimate of drug-likeness (QED) is 0.287. The van der Waals surface area contributed by atoms with Crippen molar-refractivity contribution in [3.05, 3.63) is 76.5 Å². The fourth-order valence-corrected chi connectivity index (χ4v) is 6.57. The number of ether oxygens (including phenoxy) is 2.